The predicted molar refractivity (Wildman–Crippen MR) is 111 cm³/mol. The van der Waals surface area contributed by atoms with E-state index in [9.17, 15) is 4.79 Å². The summed E-state index contributed by atoms with van der Waals surface area (Å²) in [5.74, 6) is 0.258. The molecule has 0 aliphatic rings. The molecule has 0 bridgehead atoms. The maximum absolute atomic E-state index is 13.0. The minimum atomic E-state index is -0.228. The summed E-state index contributed by atoms with van der Waals surface area (Å²) in [7, 11) is 0. The van der Waals surface area contributed by atoms with Crippen LogP contribution in [0.15, 0.2) is 54.6 Å². The Hall–Kier alpha value is -2.95. The van der Waals surface area contributed by atoms with Gasteiger partial charge in [0.15, 0.2) is 5.82 Å². The highest BCUT2D eigenvalue weighted by Gasteiger charge is 2.21. The van der Waals surface area contributed by atoms with Crippen molar-refractivity contribution >= 4 is 5.91 Å². The number of rotatable bonds is 6. The second-order valence-corrected chi connectivity index (χ2v) is 7.83. The number of ether oxygens (including phenoxy) is 1. The van der Waals surface area contributed by atoms with Crippen molar-refractivity contribution in [3.63, 3.8) is 0 Å². The molecule has 0 saturated heterocycles. The fraction of sp³-hybridized carbons (Fsp3) is 0.348. The summed E-state index contributed by atoms with van der Waals surface area (Å²) in [4.78, 5) is 17.5. The third-order valence-corrected chi connectivity index (χ3v) is 4.54. The van der Waals surface area contributed by atoms with E-state index < -0.39 is 0 Å². The maximum Gasteiger partial charge on any atom is 0.336 e. The molecule has 5 heteroatoms. The van der Waals surface area contributed by atoms with E-state index in [1.54, 1.807) is 12.1 Å². The van der Waals surface area contributed by atoms with E-state index in [2.05, 4.69) is 49.9 Å². The van der Waals surface area contributed by atoms with Crippen LogP contribution in [-0.4, -0.2) is 27.3 Å². The van der Waals surface area contributed by atoms with E-state index in [1.165, 1.54) is 10.2 Å². The van der Waals surface area contributed by atoms with Crippen molar-refractivity contribution in [3.05, 3.63) is 65.7 Å². The highest BCUT2D eigenvalue weighted by Crippen LogP contribution is 2.26. The van der Waals surface area contributed by atoms with E-state index in [0.717, 1.165) is 18.4 Å². The standard InChI is InChI=1S/C23H27N3O2/c1-5-6-16-28-22-24-20(17-12-14-19(15-13-17)23(2,3)4)26(25-22)21(27)18-10-8-7-9-11-18/h7-15H,5-6,16H2,1-4H3. The van der Waals surface area contributed by atoms with Crippen molar-refractivity contribution in [1.82, 2.24) is 14.8 Å². The van der Waals surface area contributed by atoms with Crippen LogP contribution in [0.25, 0.3) is 11.4 Å². The van der Waals surface area contributed by atoms with Crippen molar-refractivity contribution in [1.29, 1.82) is 0 Å². The van der Waals surface area contributed by atoms with Crippen LogP contribution in [0.3, 0.4) is 0 Å². The van der Waals surface area contributed by atoms with Crippen LogP contribution in [0.4, 0.5) is 0 Å². The van der Waals surface area contributed by atoms with Gasteiger partial charge in [-0.05, 0) is 29.5 Å². The predicted octanol–water partition coefficient (Wildman–Crippen LogP) is 5.11. The van der Waals surface area contributed by atoms with Crippen LogP contribution in [0.1, 0.15) is 56.5 Å². The molecule has 0 N–H and O–H groups in total. The summed E-state index contributed by atoms with van der Waals surface area (Å²) in [5, 5.41) is 4.34. The lowest BCUT2D eigenvalue weighted by Gasteiger charge is -2.19. The van der Waals surface area contributed by atoms with E-state index >= 15 is 0 Å². The van der Waals surface area contributed by atoms with Crippen LogP contribution in [-0.2, 0) is 5.41 Å². The molecule has 0 spiro atoms. The zero-order valence-corrected chi connectivity index (χ0v) is 17.0. The molecule has 28 heavy (non-hydrogen) atoms. The smallest absolute Gasteiger partial charge is 0.336 e. The summed E-state index contributed by atoms with van der Waals surface area (Å²) in [6.45, 7) is 9.13. The number of hydrogen-bond acceptors (Lipinski definition) is 4. The molecule has 3 rings (SSSR count). The van der Waals surface area contributed by atoms with Crippen molar-refractivity contribution in [2.24, 2.45) is 0 Å². The summed E-state index contributed by atoms with van der Waals surface area (Å²) < 4.78 is 6.99. The van der Waals surface area contributed by atoms with Crippen molar-refractivity contribution < 1.29 is 9.53 Å². The van der Waals surface area contributed by atoms with E-state index in [1.807, 2.05) is 30.3 Å². The first-order valence-corrected chi connectivity index (χ1v) is 9.70. The van der Waals surface area contributed by atoms with Gasteiger partial charge in [-0.2, -0.15) is 9.67 Å². The largest absolute Gasteiger partial charge is 0.462 e. The number of benzene rings is 2. The lowest BCUT2D eigenvalue weighted by atomic mass is 9.87. The normalized spacial score (nSPS) is 11.4. The van der Waals surface area contributed by atoms with Crippen LogP contribution >= 0.6 is 0 Å². The summed E-state index contributed by atoms with van der Waals surface area (Å²) in [6.07, 6.45) is 1.93. The Morgan fingerprint density at radius 2 is 1.71 bits per heavy atom. The average Bonchev–Trinajstić information content (AvgIpc) is 3.12. The van der Waals surface area contributed by atoms with Crippen LogP contribution < -0.4 is 4.74 Å². The topological polar surface area (TPSA) is 57.0 Å². The summed E-state index contributed by atoms with van der Waals surface area (Å²) in [5.41, 5.74) is 2.66. The van der Waals surface area contributed by atoms with Gasteiger partial charge >= 0.3 is 6.01 Å². The lowest BCUT2D eigenvalue weighted by Crippen LogP contribution is -2.15. The van der Waals surface area contributed by atoms with Gasteiger partial charge in [0, 0.05) is 11.1 Å². The van der Waals surface area contributed by atoms with Crippen molar-refractivity contribution in [2.45, 2.75) is 46.0 Å². The zero-order valence-electron chi connectivity index (χ0n) is 17.0. The highest BCUT2D eigenvalue weighted by atomic mass is 16.5. The van der Waals surface area contributed by atoms with Gasteiger partial charge in [-0.3, -0.25) is 4.79 Å². The van der Waals surface area contributed by atoms with Crippen LogP contribution in [0.5, 0.6) is 6.01 Å². The van der Waals surface area contributed by atoms with Crippen LogP contribution in [0, 0.1) is 0 Å². The van der Waals surface area contributed by atoms with Gasteiger partial charge in [-0.25, -0.2) is 0 Å². The second-order valence-electron chi connectivity index (χ2n) is 7.83. The van der Waals surface area contributed by atoms with Gasteiger partial charge in [0.1, 0.15) is 0 Å². The molecule has 1 aromatic heterocycles. The maximum atomic E-state index is 13.0. The zero-order chi connectivity index (χ0) is 20.1. The number of unbranched alkanes of at least 4 members (excludes halogenated alkanes) is 1. The van der Waals surface area contributed by atoms with Crippen molar-refractivity contribution in [3.8, 4) is 17.4 Å². The van der Waals surface area contributed by atoms with Gasteiger partial charge in [0.25, 0.3) is 5.91 Å². The Morgan fingerprint density at radius 1 is 1.04 bits per heavy atom. The molecular weight excluding hydrogens is 350 g/mol. The molecule has 0 fully saturated rings. The molecule has 0 amide bonds. The highest BCUT2D eigenvalue weighted by molar-refractivity contribution is 5.97. The Labute approximate surface area is 166 Å². The molecule has 3 aromatic rings. The Balaban J connectivity index is 1.99. The SMILES string of the molecule is CCCCOc1nc(-c2ccc(C(C)(C)C)cc2)n(C(=O)c2ccccc2)n1. The van der Waals surface area contributed by atoms with E-state index in [0.29, 0.717) is 18.0 Å². The third-order valence-electron chi connectivity index (χ3n) is 4.54. The van der Waals surface area contributed by atoms with Gasteiger partial charge in [0.2, 0.25) is 0 Å². The molecule has 1 heterocycles. The number of nitrogens with zero attached hydrogens (tertiary/aromatic N) is 3. The first-order valence-electron chi connectivity index (χ1n) is 9.70. The molecule has 0 unspecified atom stereocenters. The molecule has 0 saturated carbocycles. The number of hydrogen-bond donors (Lipinski definition) is 0. The minimum Gasteiger partial charge on any atom is -0.462 e. The summed E-state index contributed by atoms with van der Waals surface area (Å²) >= 11 is 0. The summed E-state index contributed by atoms with van der Waals surface area (Å²) in [6, 6.07) is 17.4. The first-order chi connectivity index (χ1) is 13.4. The third kappa shape index (κ3) is 4.47. The molecule has 146 valence electrons. The average molecular weight is 377 g/mol. The molecule has 0 aliphatic carbocycles. The monoisotopic (exact) mass is 377 g/mol. The minimum absolute atomic E-state index is 0.0560. The Bertz CT molecular complexity index is 923. The molecule has 5 nitrogen and oxygen atoms in total. The molecule has 0 atom stereocenters. The number of carbonyl (C=O) groups excluding carboxylic acids is 1. The quantitative estimate of drug-likeness (QED) is 0.560. The van der Waals surface area contributed by atoms with Gasteiger partial charge < -0.3 is 4.74 Å². The fourth-order valence-electron chi connectivity index (χ4n) is 2.81. The van der Waals surface area contributed by atoms with Crippen molar-refractivity contribution in [2.75, 3.05) is 6.61 Å². The van der Waals surface area contributed by atoms with E-state index in [4.69, 9.17) is 4.74 Å². The Kier molecular flexibility index (Phi) is 5.93. The van der Waals surface area contributed by atoms with Gasteiger partial charge in [0.05, 0.1) is 6.61 Å². The molecular formula is C23H27N3O2. The second kappa shape index (κ2) is 8.38. The lowest BCUT2D eigenvalue weighted by molar-refractivity contribution is 0.0944. The van der Waals surface area contributed by atoms with E-state index in [-0.39, 0.29) is 17.3 Å². The molecule has 0 aliphatic heterocycles. The van der Waals surface area contributed by atoms with Crippen LogP contribution in [0.2, 0.25) is 0 Å². The first kappa shape index (κ1) is 19.8. The Morgan fingerprint density at radius 3 is 2.32 bits per heavy atom. The fourth-order valence-corrected chi connectivity index (χ4v) is 2.81. The number of carbonyl (C=O) groups is 1. The number of aromatic nitrogens is 3. The van der Waals surface area contributed by atoms with Gasteiger partial charge in [-0.15, -0.1) is 5.10 Å². The molecule has 0 radical (unpaired) electrons. The molecule has 2 aromatic carbocycles. The van der Waals surface area contributed by atoms with Gasteiger partial charge in [-0.1, -0.05) is 76.6 Å².